The van der Waals surface area contributed by atoms with Crippen LogP contribution in [0.1, 0.15) is 34.6 Å². The van der Waals surface area contributed by atoms with Gasteiger partial charge in [-0.3, -0.25) is 4.79 Å². The van der Waals surface area contributed by atoms with E-state index in [1.807, 2.05) is 40.3 Å². The van der Waals surface area contributed by atoms with Crippen molar-refractivity contribution >= 4 is 28.0 Å². The lowest BCUT2D eigenvalue weighted by Gasteiger charge is -2.27. The molecule has 0 N–H and O–H groups in total. The molecule has 0 fully saturated rings. The molecule has 0 aromatic heterocycles. The Hall–Kier alpha value is -0.996. The Kier molecular flexibility index (Phi) is 13.6. The molecule has 5 nitrogen and oxygen atoms in total. The van der Waals surface area contributed by atoms with Gasteiger partial charge in [-0.1, -0.05) is 37.3 Å². The van der Waals surface area contributed by atoms with Crippen LogP contribution in [-0.2, 0) is 22.8 Å². The van der Waals surface area contributed by atoms with Gasteiger partial charge in [-0.15, -0.1) is 0 Å². The normalized spacial score (nSPS) is 12.7. The van der Waals surface area contributed by atoms with E-state index in [9.17, 15) is 4.79 Å². The summed E-state index contributed by atoms with van der Waals surface area (Å²) in [4.78, 5) is 11.5. The van der Waals surface area contributed by atoms with Gasteiger partial charge in [0.15, 0.2) is 0 Å². The van der Waals surface area contributed by atoms with E-state index in [0.717, 1.165) is 6.61 Å². The Morgan fingerprint density at radius 1 is 0.857 bits per heavy atom. The number of hydrogen-bond donors (Lipinski definition) is 0. The minimum atomic E-state index is -2.21. The van der Waals surface area contributed by atoms with Crippen LogP contribution in [0, 0.1) is 5.92 Å². The van der Waals surface area contributed by atoms with Crippen LogP contribution in [0.15, 0.2) is 30.3 Å². The van der Waals surface area contributed by atoms with Gasteiger partial charge in [0, 0.05) is 25.9 Å². The van der Waals surface area contributed by atoms with Crippen LogP contribution >= 0.6 is 0 Å². The van der Waals surface area contributed by atoms with E-state index in [0.29, 0.717) is 25.9 Å². The van der Waals surface area contributed by atoms with Gasteiger partial charge in [-0.2, -0.15) is 0 Å². The van der Waals surface area contributed by atoms with Crippen LogP contribution in [0.4, 0.5) is 0 Å². The molecule has 0 saturated carbocycles. The summed E-state index contributed by atoms with van der Waals surface area (Å²) in [7, 11) is -3.78. The van der Waals surface area contributed by atoms with E-state index < -0.39 is 16.9 Å². The largest absolute Gasteiger partial charge is 0.466 e. The molecule has 1 atom stereocenters. The van der Waals surface area contributed by atoms with E-state index in [1.165, 1.54) is 5.19 Å². The van der Waals surface area contributed by atoms with Crippen molar-refractivity contribution in [2.24, 2.45) is 5.92 Å². The third kappa shape index (κ3) is 10.5. The lowest BCUT2D eigenvalue weighted by Crippen LogP contribution is -2.44. The highest BCUT2D eigenvalue weighted by molar-refractivity contribution is 6.84. The molecule has 1 rings (SSSR count). The van der Waals surface area contributed by atoms with Crippen LogP contribution in [0.2, 0.25) is 25.7 Å². The summed E-state index contributed by atoms with van der Waals surface area (Å²) in [5.74, 6) is -0.324. The summed E-state index contributed by atoms with van der Waals surface area (Å²) in [6.45, 7) is 18.5. The lowest BCUT2D eigenvalue weighted by atomic mass is 10.2. The SMILES string of the molecule is CCOC(=O)C(C)C[Si](C)(OCC)OCC.CCO[Si](C)(C)c1ccccc1. The molecule has 0 aliphatic heterocycles. The molecular formula is C21H40O5Si2. The summed E-state index contributed by atoms with van der Waals surface area (Å²) in [6.07, 6.45) is 0. The molecule has 28 heavy (non-hydrogen) atoms. The highest BCUT2D eigenvalue weighted by atomic mass is 28.4. The molecule has 0 aliphatic carbocycles. The second-order valence-electron chi connectivity index (χ2n) is 7.17. The van der Waals surface area contributed by atoms with Crippen molar-refractivity contribution < 1.29 is 22.8 Å². The quantitative estimate of drug-likeness (QED) is 0.384. The van der Waals surface area contributed by atoms with E-state index in [2.05, 4.69) is 44.3 Å². The molecule has 0 spiro atoms. The molecule has 1 aromatic carbocycles. The first kappa shape index (κ1) is 27.0. The fourth-order valence-electron chi connectivity index (χ4n) is 2.98. The molecule has 0 radical (unpaired) electrons. The van der Waals surface area contributed by atoms with Crippen molar-refractivity contribution in [2.75, 3.05) is 26.4 Å². The number of benzene rings is 1. The molecule has 162 valence electrons. The molecule has 1 unspecified atom stereocenters. The predicted molar refractivity (Wildman–Crippen MR) is 121 cm³/mol. The fraction of sp³-hybridized carbons (Fsp3) is 0.667. The first-order valence-corrected chi connectivity index (χ1v) is 15.7. The van der Waals surface area contributed by atoms with E-state index in [-0.39, 0.29) is 11.9 Å². The van der Waals surface area contributed by atoms with Crippen LogP contribution in [0.25, 0.3) is 0 Å². The maximum absolute atomic E-state index is 11.5. The summed E-state index contributed by atoms with van der Waals surface area (Å²) in [5.41, 5.74) is 0. The minimum Gasteiger partial charge on any atom is -0.466 e. The van der Waals surface area contributed by atoms with Gasteiger partial charge in [-0.05, 0) is 52.5 Å². The third-order valence-electron chi connectivity index (χ3n) is 4.24. The first-order valence-electron chi connectivity index (χ1n) is 10.3. The highest BCUT2D eigenvalue weighted by Gasteiger charge is 2.35. The van der Waals surface area contributed by atoms with E-state index >= 15 is 0 Å². The van der Waals surface area contributed by atoms with Gasteiger partial charge in [0.1, 0.15) is 0 Å². The molecular weight excluding hydrogens is 388 g/mol. The Morgan fingerprint density at radius 3 is 1.79 bits per heavy atom. The van der Waals surface area contributed by atoms with Crippen molar-refractivity contribution in [3.8, 4) is 0 Å². The zero-order valence-electron chi connectivity index (χ0n) is 19.0. The van der Waals surface area contributed by atoms with Crippen molar-refractivity contribution in [1.82, 2.24) is 0 Å². The first-order chi connectivity index (χ1) is 13.2. The van der Waals surface area contributed by atoms with Crippen LogP contribution in [0.5, 0.6) is 0 Å². The standard InChI is InChI=1S/C11H24O4Si.C10H16OSi/c1-6-13-11(12)10(4)9-16(5,14-7-2)15-8-3;1-4-11-12(2,3)10-8-6-5-7-9-10/h10H,6-9H2,1-5H3;5-9H,4H2,1-3H3. The molecule has 0 saturated heterocycles. The topological polar surface area (TPSA) is 54.0 Å². The van der Waals surface area contributed by atoms with Crippen LogP contribution < -0.4 is 5.19 Å². The number of carbonyl (C=O) groups is 1. The Balaban J connectivity index is 0.000000540. The van der Waals surface area contributed by atoms with Crippen molar-refractivity contribution in [2.45, 2.75) is 60.3 Å². The Bertz CT molecular complexity index is 531. The molecule has 7 heteroatoms. The molecule has 0 heterocycles. The van der Waals surface area contributed by atoms with Crippen molar-refractivity contribution in [3.63, 3.8) is 0 Å². The predicted octanol–water partition coefficient (Wildman–Crippen LogP) is 4.47. The van der Waals surface area contributed by atoms with Gasteiger partial charge < -0.3 is 18.0 Å². The summed E-state index contributed by atoms with van der Waals surface area (Å²) >= 11 is 0. The van der Waals surface area contributed by atoms with Crippen molar-refractivity contribution in [1.29, 1.82) is 0 Å². The van der Waals surface area contributed by atoms with Crippen LogP contribution in [0.3, 0.4) is 0 Å². The summed E-state index contributed by atoms with van der Waals surface area (Å²) in [5, 5.41) is 1.37. The summed E-state index contributed by atoms with van der Waals surface area (Å²) in [6, 6.07) is 11.1. The highest BCUT2D eigenvalue weighted by Crippen LogP contribution is 2.20. The van der Waals surface area contributed by atoms with Gasteiger partial charge >= 0.3 is 14.5 Å². The lowest BCUT2D eigenvalue weighted by molar-refractivity contribution is -0.146. The average Bonchev–Trinajstić information content (AvgIpc) is 2.63. The van der Waals surface area contributed by atoms with Crippen LogP contribution in [-0.4, -0.2) is 49.3 Å². The Morgan fingerprint density at radius 2 is 1.36 bits per heavy atom. The minimum absolute atomic E-state index is 0.158. The number of esters is 1. The van der Waals surface area contributed by atoms with Crippen molar-refractivity contribution in [3.05, 3.63) is 30.3 Å². The zero-order valence-corrected chi connectivity index (χ0v) is 21.0. The Labute approximate surface area is 174 Å². The number of hydrogen-bond acceptors (Lipinski definition) is 5. The van der Waals surface area contributed by atoms with Gasteiger partial charge in [0.05, 0.1) is 12.5 Å². The number of carbonyl (C=O) groups excluding carboxylic acids is 1. The number of rotatable bonds is 11. The zero-order chi connectivity index (χ0) is 21.6. The smallest absolute Gasteiger partial charge is 0.335 e. The summed E-state index contributed by atoms with van der Waals surface area (Å²) < 4.78 is 22.1. The molecule has 0 amide bonds. The molecule has 0 bridgehead atoms. The fourth-order valence-corrected chi connectivity index (χ4v) is 7.68. The van der Waals surface area contributed by atoms with Gasteiger partial charge in [-0.25, -0.2) is 0 Å². The monoisotopic (exact) mass is 428 g/mol. The van der Waals surface area contributed by atoms with E-state index in [1.54, 1.807) is 0 Å². The van der Waals surface area contributed by atoms with Gasteiger partial charge in [0.25, 0.3) is 0 Å². The average molecular weight is 429 g/mol. The maximum atomic E-state index is 11.5. The maximum Gasteiger partial charge on any atom is 0.335 e. The van der Waals surface area contributed by atoms with Gasteiger partial charge in [0.2, 0.25) is 8.32 Å². The second kappa shape index (κ2) is 14.1. The molecule has 0 aliphatic rings. The number of ether oxygens (including phenoxy) is 1. The molecule has 1 aromatic rings. The third-order valence-corrected chi connectivity index (χ3v) is 10.1. The van der Waals surface area contributed by atoms with E-state index in [4.69, 9.17) is 18.0 Å². The second-order valence-corrected chi connectivity index (χ2v) is 14.3.